The summed E-state index contributed by atoms with van der Waals surface area (Å²) in [4.78, 5) is 20.8. The van der Waals surface area contributed by atoms with Crippen molar-refractivity contribution in [3.8, 4) is 23.1 Å². The molecule has 46 heavy (non-hydrogen) atoms. The summed E-state index contributed by atoms with van der Waals surface area (Å²) in [5.74, 6) is -0.890. The maximum atomic E-state index is 16.7. The fraction of sp³-hybridized carbons (Fsp3) is 0.548. The van der Waals surface area contributed by atoms with Crippen LogP contribution in [0.1, 0.15) is 44.1 Å². The number of nitrogen functional groups attached to an aromatic ring is 1. The van der Waals surface area contributed by atoms with Gasteiger partial charge in [0.25, 0.3) is 0 Å². The van der Waals surface area contributed by atoms with Crippen LogP contribution in [0.25, 0.3) is 27.0 Å². The lowest BCUT2D eigenvalue weighted by Gasteiger charge is -2.53. The van der Waals surface area contributed by atoms with Gasteiger partial charge in [-0.25, -0.2) is 20.3 Å². The van der Waals surface area contributed by atoms with E-state index < -0.39 is 51.1 Å². The fourth-order valence-electron chi connectivity index (χ4n) is 7.92. The minimum absolute atomic E-state index is 0.0618. The Bertz CT molecular complexity index is 1760. The van der Waals surface area contributed by atoms with E-state index in [1.54, 1.807) is 0 Å². The summed E-state index contributed by atoms with van der Waals surface area (Å²) in [6.07, 6.45) is -2.22. The number of rotatable bonds is 5. The fourth-order valence-corrected chi connectivity index (χ4v) is 8.26. The number of nitrogens with zero attached hydrogens (tertiary/aromatic N) is 6. The van der Waals surface area contributed by atoms with E-state index in [1.807, 2.05) is 11.9 Å². The van der Waals surface area contributed by atoms with Crippen molar-refractivity contribution in [3.05, 3.63) is 40.0 Å². The Morgan fingerprint density at radius 3 is 2.72 bits per heavy atom. The molecule has 5 heterocycles. The molecule has 3 fully saturated rings. The number of pyridine rings is 1. The lowest BCUT2D eigenvalue weighted by Crippen LogP contribution is -2.58. The van der Waals surface area contributed by atoms with Crippen molar-refractivity contribution in [2.45, 2.75) is 62.0 Å². The van der Waals surface area contributed by atoms with Gasteiger partial charge in [0.15, 0.2) is 5.82 Å². The zero-order valence-electron chi connectivity index (χ0n) is 24.9. The third-order valence-electron chi connectivity index (χ3n) is 10.1. The van der Waals surface area contributed by atoms with Gasteiger partial charge in [-0.3, -0.25) is 4.90 Å². The number of ether oxygens (including phenoxy) is 2. The molecule has 1 saturated carbocycles. The van der Waals surface area contributed by atoms with Crippen molar-refractivity contribution in [1.29, 1.82) is 0 Å². The van der Waals surface area contributed by atoms with Crippen LogP contribution < -0.4 is 20.1 Å². The summed E-state index contributed by atoms with van der Waals surface area (Å²) >= 11 is 6.00. The predicted molar refractivity (Wildman–Crippen MR) is 161 cm³/mol. The molecule has 0 amide bonds. The number of hydrogen-bond donors (Lipinski definition) is 1. The highest BCUT2D eigenvalue weighted by molar-refractivity contribution is 6.32. The average Bonchev–Trinajstić information content (AvgIpc) is 3.48. The van der Waals surface area contributed by atoms with Crippen LogP contribution in [0.5, 0.6) is 11.9 Å². The van der Waals surface area contributed by atoms with Crippen molar-refractivity contribution >= 4 is 34.0 Å². The summed E-state index contributed by atoms with van der Waals surface area (Å²) in [5, 5.41) is -0.624. The highest BCUT2D eigenvalue weighted by Gasteiger charge is 2.51. The molecular weight excluding hydrogens is 633 g/mol. The number of anilines is 2. The molecule has 2 N–H and O–H groups in total. The first kappa shape index (κ1) is 30.9. The third kappa shape index (κ3) is 4.94. The van der Waals surface area contributed by atoms with Gasteiger partial charge in [-0.1, -0.05) is 11.6 Å². The molecule has 244 valence electrons. The highest BCUT2D eigenvalue weighted by Crippen LogP contribution is 2.51. The van der Waals surface area contributed by atoms with Gasteiger partial charge >= 0.3 is 12.2 Å². The zero-order chi connectivity index (χ0) is 32.6. The molecule has 1 spiro atoms. The predicted octanol–water partition coefficient (Wildman–Crippen LogP) is 6.33. The molecule has 0 radical (unpaired) electrons. The Hall–Kier alpha value is -3.70. The Labute approximate surface area is 266 Å². The van der Waals surface area contributed by atoms with Gasteiger partial charge in [-0.05, 0) is 44.4 Å². The third-order valence-corrected chi connectivity index (χ3v) is 10.4. The summed E-state index contributed by atoms with van der Waals surface area (Å²) in [6.45, 7) is 8.89. The zero-order valence-corrected chi connectivity index (χ0v) is 25.7. The molecule has 1 aliphatic carbocycles. The molecule has 7 rings (SSSR count). The van der Waals surface area contributed by atoms with Crippen LogP contribution in [0.2, 0.25) is 5.02 Å². The number of benzene rings is 1. The van der Waals surface area contributed by atoms with E-state index in [2.05, 4.69) is 19.7 Å². The molecule has 0 unspecified atom stereocenters. The number of aromatic nitrogens is 3. The molecule has 2 aromatic heterocycles. The van der Waals surface area contributed by atoms with E-state index in [-0.39, 0.29) is 59.9 Å². The molecule has 2 saturated heterocycles. The van der Waals surface area contributed by atoms with Crippen molar-refractivity contribution in [2.75, 3.05) is 50.5 Å². The molecule has 0 bridgehead atoms. The van der Waals surface area contributed by atoms with Crippen LogP contribution in [0.15, 0.2) is 12.1 Å². The molecule has 3 aliphatic heterocycles. The monoisotopic (exact) mass is 663 g/mol. The smallest absolute Gasteiger partial charge is 0.418 e. The van der Waals surface area contributed by atoms with Gasteiger partial charge in [0.1, 0.15) is 35.2 Å². The van der Waals surface area contributed by atoms with E-state index in [0.29, 0.717) is 32.4 Å². The number of hydrogen-bond acceptors (Lipinski definition) is 8. The number of fused-ring (bicyclic) bond motifs is 1. The number of halogens is 6. The molecule has 15 heteroatoms. The van der Waals surface area contributed by atoms with Crippen LogP contribution in [-0.2, 0) is 6.18 Å². The quantitative estimate of drug-likeness (QED) is 0.192. The molecule has 1 aromatic carbocycles. The van der Waals surface area contributed by atoms with Crippen LogP contribution in [0, 0.1) is 18.3 Å². The second-order valence-corrected chi connectivity index (χ2v) is 13.3. The van der Waals surface area contributed by atoms with E-state index in [9.17, 15) is 17.6 Å². The first-order chi connectivity index (χ1) is 21.8. The SMILES string of the molecule is [C-]#[N+]CC1CC2(CCOc3nc(-c4cc(N)cc(Cl)c4C(F)(F)F)c(F)c4nc(OC[C@@]56CCCN5C[C@H](F)C6)nc(c34)N2C)C1. The summed E-state index contributed by atoms with van der Waals surface area (Å²) in [6, 6.07) is 1.71. The van der Waals surface area contributed by atoms with Crippen LogP contribution in [-0.4, -0.2) is 77.0 Å². The second-order valence-electron chi connectivity index (χ2n) is 12.9. The van der Waals surface area contributed by atoms with Gasteiger partial charge in [0.2, 0.25) is 12.4 Å². The Morgan fingerprint density at radius 1 is 1.20 bits per heavy atom. The van der Waals surface area contributed by atoms with Gasteiger partial charge < -0.3 is 25.0 Å². The van der Waals surface area contributed by atoms with E-state index in [0.717, 1.165) is 31.5 Å². The van der Waals surface area contributed by atoms with Crippen molar-refractivity contribution in [2.24, 2.45) is 5.92 Å². The van der Waals surface area contributed by atoms with Crippen molar-refractivity contribution < 1.29 is 31.4 Å². The first-order valence-electron chi connectivity index (χ1n) is 15.1. The van der Waals surface area contributed by atoms with Gasteiger partial charge in [0.05, 0.1) is 22.7 Å². The van der Waals surface area contributed by atoms with E-state index in [4.69, 9.17) is 38.4 Å². The summed E-state index contributed by atoms with van der Waals surface area (Å²) in [7, 11) is 1.81. The number of alkyl halides is 4. The number of nitrogens with two attached hydrogens (primary N) is 1. The van der Waals surface area contributed by atoms with Crippen LogP contribution in [0.3, 0.4) is 0 Å². The van der Waals surface area contributed by atoms with Crippen LogP contribution >= 0.6 is 11.6 Å². The highest BCUT2D eigenvalue weighted by atomic mass is 35.5. The Morgan fingerprint density at radius 2 is 1.98 bits per heavy atom. The summed E-state index contributed by atoms with van der Waals surface area (Å²) in [5.41, 5.74) is 1.76. The van der Waals surface area contributed by atoms with Gasteiger partial charge in [0, 0.05) is 49.1 Å². The maximum absolute atomic E-state index is 16.7. The second kappa shape index (κ2) is 10.9. The van der Waals surface area contributed by atoms with Gasteiger partial charge in [-0.2, -0.15) is 23.1 Å². The van der Waals surface area contributed by atoms with E-state index >= 15 is 4.39 Å². The lowest BCUT2D eigenvalue weighted by atomic mass is 9.65. The summed E-state index contributed by atoms with van der Waals surface area (Å²) < 4.78 is 86.1. The van der Waals surface area contributed by atoms with Crippen LogP contribution in [0.4, 0.5) is 33.5 Å². The van der Waals surface area contributed by atoms with E-state index in [1.165, 1.54) is 0 Å². The molecular formula is C31H31ClF5N7O2. The Balaban J connectivity index is 1.40. The molecule has 4 aliphatic rings. The minimum atomic E-state index is -4.96. The first-order valence-corrected chi connectivity index (χ1v) is 15.5. The molecule has 3 aromatic rings. The normalized spacial score (nSPS) is 27.6. The lowest BCUT2D eigenvalue weighted by molar-refractivity contribution is -0.137. The van der Waals surface area contributed by atoms with Crippen molar-refractivity contribution in [1.82, 2.24) is 19.9 Å². The minimum Gasteiger partial charge on any atom is -0.477 e. The average molecular weight is 664 g/mol. The maximum Gasteiger partial charge on any atom is 0.418 e. The van der Waals surface area contributed by atoms with Gasteiger partial charge in [-0.15, -0.1) is 0 Å². The Kier molecular flexibility index (Phi) is 7.36. The standard InChI is InChI=1S/C31H31ClF5N7O2/c1-39-13-16-10-29(11-16)5-7-45-27-21-25(23(34)24(40-27)19-8-18(38)9-20(32)22(19)31(35,36)37)41-28(42-26(21)43(29)2)46-15-30-4-3-6-44(30)14-17(33)12-30/h8-9,16-17H,3-7,10-15,38H2,2H3/t16?,17-,29?,30+/m1/s1. The molecule has 9 nitrogen and oxygen atoms in total. The topological polar surface area (TPSA) is 94.0 Å². The molecule has 2 atom stereocenters. The van der Waals surface area contributed by atoms with Crippen molar-refractivity contribution in [3.63, 3.8) is 0 Å². The largest absolute Gasteiger partial charge is 0.477 e.